The minimum absolute atomic E-state index is 0.276. The van der Waals surface area contributed by atoms with Crippen molar-refractivity contribution < 1.29 is 14.4 Å². The molecule has 7 nitrogen and oxygen atoms in total. The number of aliphatic imine (C=N–C) groups is 1. The number of hydrogen-bond acceptors (Lipinski definition) is 6. The van der Waals surface area contributed by atoms with Crippen LogP contribution in [-0.4, -0.2) is 21.2 Å². The van der Waals surface area contributed by atoms with Crippen molar-refractivity contribution in [2.24, 2.45) is 4.99 Å². The Morgan fingerprint density at radius 1 is 1.07 bits per heavy atom. The number of rotatable bonds is 4. The molecular weight excluding hydrogens is 382 g/mol. The van der Waals surface area contributed by atoms with Gasteiger partial charge in [0.25, 0.3) is 0 Å². The second-order valence-corrected chi connectivity index (χ2v) is 7.21. The Hall–Kier alpha value is -4.00. The van der Waals surface area contributed by atoms with Crippen LogP contribution in [0.15, 0.2) is 57.9 Å². The number of phenols is 1. The zero-order valence-electron chi connectivity index (χ0n) is 16.7. The van der Waals surface area contributed by atoms with E-state index >= 15 is 0 Å². The summed E-state index contributed by atoms with van der Waals surface area (Å²) in [5.74, 6) is 0.120. The van der Waals surface area contributed by atoms with Crippen molar-refractivity contribution >= 4 is 28.7 Å². The molecule has 0 aliphatic rings. The lowest BCUT2D eigenvalue weighted by Crippen LogP contribution is -1.93. The highest BCUT2D eigenvalue weighted by Gasteiger charge is 2.17. The predicted molar refractivity (Wildman–Crippen MR) is 116 cm³/mol. The molecule has 3 aromatic carbocycles. The first kappa shape index (κ1) is 19.3. The first-order valence-corrected chi connectivity index (χ1v) is 9.32. The fourth-order valence-corrected chi connectivity index (χ4v) is 3.16. The number of nitro groups is 1. The zero-order valence-corrected chi connectivity index (χ0v) is 16.7. The molecule has 4 aromatic rings. The van der Waals surface area contributed by atoms with Crippen LogP contribution in [0.2, 0.25) is 0 Å². The second-order valence-electron chi connectivity index (χ2n) is 7.21. The van der Waals surface area contributed by atoms with Gasteiger partial charge >= 0.3 is 5.69 Å². The van der Waals surface area contributed by atoms with Gasteiger partial charge in [-0.2, -0.15) is 0 Å². The molecule has 0 radical (unpaired) electrons. The molecule has 0 atom stereocenters. The molecule has 0 amide bonds. The third kappa shape index (κ3) is 3.65. The van der Waals surface area contributed by atoms with Crippen molar-refractivity contribution in [3.63, 3.8) is 0 Å². The van der Waals surface area contributed by atoms with E-state index in [1.807, 2.05) is 25.1 Å². The van der Waals surface area contributed by atoms with Crippen LogP contribution in [0.3, 0.4) is 0 Å². The van der Waals surface area contributed by atoms with Crippen LogP contribution in [0.25, 0.3) is 22.6 Å². The van der Waals surface area contributed by atoms with Crippen LogP contribution in [0.4, 0.5) is 11.4 Å². The number of aromatic hydroxyl groups is 1. The number of benzene rings is 3. The maximum absolute atomic E-state index is 11.1. The average molecular weight is 401 g/mol. The van der Waals surface area contributed by atoms with E-state index in [1.165, 1.54) is 17.8 Å². The second kappa shape index (κ2) is 7.44. The number of nitrogens with zero attached hydrogens (tertiary/aromatic N) is 3. The summed E-state index contributed by atoms with van der Waals surface area (Å²) in [5, 5.41) is 21.2. The molecule has 1 aromatic heterocycles. The minimum atomic E-state index is -0.616. The quantitative estimate of drug-likeness (QED) is 0.265. The molecule has 0 spiro atoms. The zero-order chi connectivity index (χ0) is 21.4. The summed E-state index contributed by atoms with van der Waals surface area (Å²) in [5.41, 5.74) is 5.72. The van der Waals surface area contributed by atoms with E-state index in [1.54, 1.807) is 31.2 Å². The molecule has 30 heavy (non-hydrogen) atoms. The Balaban J connectivity index is 1.68. The number of aryl methyl sites for hydroxylation is 3. The van der Waals surface area contributed by atoms with Gasteiger partial charge in [-0.1, -0.05) is 6.07 Å². The highest BCUT2D eigenvalue weighted by Crippen LogP contribution is 2.31. The van der Waals surface area contributed by atoms with Gasteiger partial charge in [-0.15, -0.1) is 0 Å². The Kier molecular flexibility index (Phi) is 4.79. The van der Waals surface area contributed by atoms with Gasteiger partial charge < -0.3 is 9.52 Å². The summed E-state index contributed by atoms with van der Waals surface area (Å²) in [6.45, 7) is 5.81. The molecule has 1 heterocycles. The maximum atomic E-state index is 11.1. The fourth-order valence-electron chi connectivity index (χ4n) is 3.16. The van der Waals surface area contributed by atoms with Crippen molar-refractivity contribution in [1.29, 1.82) is 0 Å². The summed E-state index contributed by atoms with van der Waals surface area (Å²) in [4.78, 5) is 19.4. The molecule has 7 heteroatoms. The number of oxazole rings is 1. The number of nitro benzene ring substituents is 1. The van der Waals surface area contributed by atoms with E-state index in [4.69, 9.17) is 4.42 Å². The van der Waals surface area contributed by atoms with Gasteiger partial charge in [0, 0.05) is 23.4 Å². The molecule has 0 aliphatic carbocycles. The first-order valence-electron chi connectivity index (χ1n) is 9.32. The Morgan fingerprint density at radius 3 is 2.60 bits per heavy atom. The van der Waals surface area contributed by atoms with Gasteiger partial charge in [0.15, 0.2) is 5.58 Å². The monoisotopic (exact) mass is 401 g/mol. The SMILES string of the molecule is Cc1cc(C=Nc2ccc3oc(-c4ccc(C)c(C)c4)nc3c2)c(O)c([N+](=O)[O-])c1. The van der Waals surface area contributed by atoms with E-state index in [0.717, 1.165) is 11.1 Å². The Labute approximate surface area is 172 Å². The lowest BCUT2D eigenvalue weighted by Gasteiger charge is -2.02. The number of phenolic OH excluding ortho intramolecular Hbond substituents is 1. The first-order chi connectivity index (χ1) is 14.3. The smallest absolute Gasteiger partial charge is 0.311 e. The van der Waals surface area contributed by atoms with Crippen molar-refractivity contribution in [2.75, 3.05) is 0 Å². The summed E-state index contributed by atoms with van der Waals surface area (Å²) in [7, 11) is 0. The number of aromatic nitrogens is 1. The van der Waals surface area contributed by atoms with Crippen molar-refractivity contribution in [3.8, 4) is 17.2 Å². The Bertz CT molecular complexity index is 1320. The van der Waals surface area contributed by atoms with Crippen molar-refractivity contribution in [1.82, 2.24) is 4.98 Å². The molecule has 0 bridgehead atoms. The van der Waals surface area contributed by atoms with Gasteiger partial charge in [-0.05, 0) is 73.9 Å². The van der Waals surface area contributed by atoms with Gasteiger partial charge in [0.05, 0.1) is 10.6 Å². The summed E-state index contributed by atoms with van der Waals surface area (Å²) in [6, 6.07) is 14.3. The summed E-state index contributed by atoms with van der Waals surface area (Å²) in [6.07, 6.45) is 1.40. The lowest BCUT2D eigenvalue weighted by atomic mass is 10.1. The normalized spacial score (nSPS) is 11.4. The third-order valence-corrected chi connectivity index (χ3v) is 4.94. The standard InChI is InChI=1S/C23H19N3O4/c1-13-8-17(22(27)20(9-13)26(28)29)12-24-18-6-7-21-19(11-18)25-23(30-21)16-5-4-14(2)15(3)10-16/h4-12,27H,1-3H3. The number of hydrogen-bond donors (Lipinski definition) is 1. The molecule has 0 saturated carbocycles. The summed E-state index contributed by atoms with van der Waals surface area (Å²) < 4.78 is 5.87. The van der Waals surface area contributed by atoms with Crippen LogP contribution in [-0.2, 0) is 0 Å². The third-order valence-electron chi connectivity index (χ3n) is 4.94. The van der Waals surface area contributed by atoms with Gasteiger partial charge in [-0.3, -0.25) is 15.1 Å². The molecule has 150 valence electrons. The van der Waals surface area contributed by atoms with Gasteiger partial charge in [0.1, 0.15) is 5.52 Å². The average Bonchev–Trinajstić information content (AvgIpc) is 3.13. The fraction of sp³-hybridized carbons (Fsp3) is 0.130. The highest BCUT2D eigenvalue weighted by atomic mass is 16.6. The largest absolute Gasteiger partial charge is 0.502 e. The highest BCUT2D eigenvalue weighted by molar-refractivity contribution is 5.89. The van der Waals surface area contributed by atoms with Crippen LogP contribution >= 0.6 is 0 Å². The molecular formula is C23H19N3O4. The molecule has 0 aliphatic heterocycles. The summed E-state index contributed by atoms with van der Waals surface area (Å²) >= 11 is 0. The van der Waals surface area contributed by atoms with E-state index in [0.29, 0.717) is 28.2 Å². The van der Waals surface area contributed by atoms with Crippen LogP contribution < -0.4 is 0 Å². The molecule has 0 fully saturated rings. The van der Waals surface area contributed by atoms with Gasteiger partial charge in [0.2, 0.25) is 11.6 Å². The molecule has 0 saturated heterocycles. The van der Waals surface area contributed by atoms with E-state index in [2.05, 4.69) is 16.9 Å². The molecule has 0 unspecified atom stereocenters. The van der Waals surface area contributed by atoms with Crippen molar-refractivity contribution in [2.45, 2.75) is 20.8 Å². The molecule has 4 rings (SSSR count). The lowest BCUT2D eigenvalue weighted by molar-refractivity contribution is -0.385. The maximum Gasteiger partial charge on any atom is 0.311 e. The number of fused-ring (bicyclic) bond motifs is 1. The van der Waals surface area contributed by atoms with E-state index < -0.39 is 10.7 Å². The molecule has 1 N–H and O–H groups in total. The topological polar surface area (TPSA) is 102 Å². The van der Waals surface area contributed by atoms with E-state index in [9.17, 15) is 15.2 Å². The van der Waals surface area contributed by atoms with Crippen molar-refractivity contribution in [3.05, 3.63) is 80.9 Å². The van der Waals surface area contributed by atoms with Crippen LogP contribution in [0, 0.1) is 30.9 Å². The Morgan fingerprint density at radius 2 is 1.87 bits per heavy atom. The van der Waals surface area contributed by atoms with Crippen LogP contribution in [0.5, 0.6) is 5.75 Å². The van der Waals surface area contributed by atoms with E-state index in [-0.39, 0.29) is 11.3 Å². The minimum Gasteiger partial charge on any atom is -0.502 e. The van der Waals surface area contributed by atoms with Gasteiger partial charge in [-0.25, -0.2) is 4.98 Å². The predicted octanol–water partition coefficient (Wildman–Crippen LogP) is 5.78. The van der Waals surface area contributed by atoms with Crippen LogP contribution in [0.1, 0.15) is 22.3 Å².